The van der Waals surface area contributed by atoms with Crippen molar-refractivity contribution in [3.05, 3.63) is 65.2 Å². The SMILES string of the molecule is N#Cc1cccc([C@H]2CC[C@H](N(CCN3CC[C@@H](O)C3)C(=O)Nc3cc(F)cc(F)c3)CC2)c1. The van der Waals surface area contributed by atoms with Gasteiger partial charge in [0.1, 0.15) is 11.6 Å². The van der Waals surface area contributed by atoms with E-state index in [0.29, 0.717) is 31.1 Å². The Balaban J connectivity index is 1.43. The largest absolute Gasteiger partial charge is 0.392 e. The normalized spacial score (nSPS) is 22.8. The Labute approximate surface area is 198 Å². The van der Waals surface area contributed by atoms with Crippen LogP contribution in [-0.2, 0) is 0 Å². The number of aliphatic hydroxyl groups is 1. The molecule has 1 atom stereocenters. The molecule has 180 valence electrons. The van der Waals surface area contributed by atoms with Gasteiger partial charge in [0.15, 0.2) is 0 Å². The van der Waals surface area contributed by atoms with Crippen molar-refractivity contribution in [3.63, 3.8) is 0 Å². The number of carbonyl (C=O) groups is 1. The summed E-state index contributed by atoms with van der Waals surface area (Å²) in [6.07, 6.45) is 3.77. The second-order valence-electron chi connectivity index (χ2n) is 9.27. The minimum absolute atomic E-state index is 0.00123. The van der Waals surface area contributed by atoms with Gasteiger partial charge in [0.25, 0.3) is 0 Å². The van der Waals surface area contributed by atoms with Crippen LogP contribution in [0.4, 0.5) is 19.3 Å². The summed E-state index contributed by atoms with van der Waals surface area (Å²) in [6, 6.07) is 12.5. The number of hydrogen-bond acceptors (Lipinski definition) is 4. The fourth-order valence-electron chi connectivity index (χ4n) is 5.12. The smallest absolute Gasteiger partial charge is 0.322 e. The molecule has 2 aliphatic rings. The van der Waals surface area contributed by atoms with Crippen molar-refractivity contribution < 1.29 is 18.7 Å². The predicted molar refractivity (Wildman–Crippen MR) is 125 cm³/mol. The van der Waals surface area contributed by atoms with Crippen LogP contribution < -0.4 is 5.32 Å². The van der Waals surface area contributed by atoms with Gasteiger partial charge in [-0.3, -0.25) is 4.90 Å². The molecular formula is C26H30F2N4O2. The number of carbonyl (C=O) groups excluding carboxylic acids is 1. The van der Waals surface area contributed by atoms with Gasteiger partial charge in [0.05, 0.1) is 17.7 Å². The molecule has 0 unspecified atom stereocenters. The fourth-order valence-corrected chi connectivity index (χ4v) is 5.12. The van der Waals surface area contributed by atoms with Crippen molar-refractivity contribution in [1.82, 2.24) is 9.80 Å². The summed E-state index contributed by atoms with van der Waals surface area (Å²) in [4.78, 5) is 17.1. The maximum absolute atomic E-state index is 13.6. The number of β-amino-alcohol motifs (C(OH)–C–C–N with tert-alkyl or cyclic N) is 1. The van der Waals surface area contributed by atoms with Crippen molar-refractivity contribution >= 4 is 11.7 Å². The van der Waals surface area contributed by atoms with E-state index in [0.717, 1.165) is 62.4 Å². The van der Waals surface area contributed by atoms with Crippen molar-refractivity contribution in [2.24, 2.45) is 0 Å². The van der Waals surface area contributed by atoms with E-state index in [4.69, 9.17) is 0 Å². The number of likely N-dealkylation sites (tertiary alicyclic amines) is 1. The lowest BCUT2D eigenvalue weighted by Gasteiger charge is -2.38. The zero-order chi connectivity index (χ0) is 24.1. The van der Waals surface area contributed by atoms with Gasteiger partial charge >= 0.3 is 6.03 Å². The third-order valence-corrected chi connectivity index (χ3v) is 6.90. The Morgan fingerprint density at radius 1 is 1.12 bits per heavy atom. The van der Waals surface area contributed by atoms with Crippen LogP contribution >= 0.6 is 0 Å². The molecule has 2 fully saturated rings. The van der Waals surface area contributed by atoms with Crippen molar-refractivity contribution in [2.45, 2.75) is 50.2 Å². The molecule has 0 aromatic heterocycles. The number of benzene rings is 2. The highest BCUT2D eigenvalue weighted by Crippen LogP contribution is 2.35. The second-order valence-corrected chi connectivity index (χ2v) is 9.27. The molecule has 1 heterocycles. The van der Waals surface area contributed by atoms with E-state index in [9.17, 15) is 23.9 Å². The predicted octanol–water partition coefficient (Wildman–Crippen LogP) is 4.46. The van der Waals surface area contributed by atoms with E-state index in [1.54, 1.807) is 11.0 Å². The lowest BCUT2D eigenvalue weighted by molar-refractivity contribution is 0.143. The average molecular weight is 469 g/mol. The minimum Gasteiger partial charge on any atom is -0.392 e. The van der Waals surface area contributed by atoms with E-state index in [1.165, 1.54) is 0 Å². The zero-order valence-corrected chi connectivity index (χ0v) is 19.1. The van der Waals surface area contributed by atoms with Gasteiger partial charge in [-0.15, -0.1) is 0 Å². The van der Waals surface area contributed by atoms with Gasteiger partial charge in [0, 0.05) is 44.0 Å². The summed E-state index contributed by atoms with van der Waals surface area (Å²) >= 11 is 0. The first-order chi connectivity index (χ1) is 16.4. The molecule has 0 spiro atoms. The van der Waals surface area contributed by atoms with Gasteiger partial charge < -0.3 is 15.3 Å². The summed E-state index contributed by atoms with van der Waals surface area (Å²) in [5.41, 5.74) is 1.89. The second kappa shape index (κ2) is 10.9. The van der Waals surface area contributed by atoms with Crippen LogP contribution in [0.3, 0.4) is 0 Å². The van der Waals surface area contributed by atoms with Gasteiger partial charge in [0.2, 0.25) is 0 Å². The standard InChI is InChI=1S/C26H30F2N4O2/c27-21-13-22(28)15-23(14-21)30-26(34)32(11-10-31-9-8-25(33)17-31)24-6-4-19(5-7-24)20-3-1-2-18(12-20)16-29/h1-3,12-15,19,24-25,33H,4-11,17H2,(H,30,34)/t19-,24-,25-/m1/s1. The number of amides is 2. The highest BCUT2D eigenvalue weighted by molar-refractivity contribution is 5.89. The van der Waals surface area contributed by atoms with Crippen molar-refractivity contribution in [2.75, 3.05) is 31.5 Å². The number of rotatable bonds is 6. The minimum atomic E-state index is -0.743. The van der Waals surface area contributed by atoms with Gasteiger partial charge in [-0.25, -0.2) is 13.6 Å². The molecular weight excluding hydrogens is 438 g/mol. The molecule has 34 heavy (non-hydrogen) atoms. The van der Waals surface area contributed by atoms with Crippen LogP contribution in [-0.4, -0.2) is 59.3 Å². The summed E-state index contributed by atoms with van der Waals surface area (Å²) in [7, 11) is 0. The van der Waals surface area contributed by atoms with Crippen molar-refractivity contribution in [3.8, 4) is 6.07 Å². The number of anilines is 1. The Morgan fingerprint density at radius 2 is 1.85 bits per heavy atom. The lowest BCUT2D eigenvalue weighted by atomic mass is 9.81. The average Bonchev–Trinajstić information content (AvgIpc) is 3.24. The van der Waals surface area contributed by atoms with Gasteiger partial charge in [-0.2, -0.15) is 5.26 Å². The first-order valence-electron chi connectivity index (χ1n) is 11.9. The molecule has 2 aromatic carbocycles. The molecule has 6 nitrogen and oxygen atoms in total. The molecule has 8 heteroatoms. The topological polar surface area (TPSA) is 79.6 Å². The molecule has 2 aromatic rings. The molecule has 2 N–H and O–H groups in total. The summed E-state index contributed by atoms with van der Waals surface area (Å²) in [5, 5.41) is 21.7. The van der Waals surface area contributed by atoms with Crippen LogP contribution in [0.2, 0.25) is 0 Å². The summed E-state index contributed by atoms with van der Waals surface area (Å²) in [6.45, 7) is 2.47. The highest BCUT2D eigenvalue weighted by Gasteiger charge is 2.31. The monoisotopic (exact) mass is 468 g/mol. The van der Waals surface area contributed by atoms with Gasteiger partial charge in [-0.1, -0.05) is 12.1 Å². The Kier molecular flexibility index (Phi) is 7.76. The number of urea groups is 1. The Hall–Kier alpha value is -3.02. The maximum atomic E-state index is 13.6. The maximum Gasteiger partial charge on any atom is 0.322 e. The summed E-state index contributed by atoms with van der Waals surface area (Å²) in [5.74, 6) is -1.15. The number of nitrogens with one attached hydrogen (secondary N) is 1. The van der Waals surface area contributed by atoms with Crippen LogP contribution in [0, 0.1) is 23.0 Å². The quantitative estimate of drug-likeness (QED) is 0.656. The number of nitrogens with zero attached hydrogens (tertiary/aromatic N) is 3. The first kappa shape index (κ1) is 24.1. The van der Waals surface area contributed by atoms with Crippen LogP contribution in [0.1, 0.15) is 49.1 Å². The van der Waals surface area contributed by atoms with E-state index < -0.39 is 11.6 Å². The lowest BCUT2D eigenvalue weighted by Crippen LogP contribution is -2.47. The first-order valence-corrected chi connectivity index (χ1v) is 11.9. The molecule has 1 saturated carbocycles. The Morgan fingerprint density at radius 3 is 2.50 bits per heavy atom. The molecule has 1 aliphatic carbocycles. The number of halogens is 2. The summed E-state index contributed by atoms with van der Waals surface area (Å²) < 4.78 is 27.3. The number of hydrogen-bond donors (Lipinski definition) is 2. The molecule has 4 rings (SSSR count). The Bertz CT molecular complexity index is 1030. The highest BCUT2D eigenvalue weighted by atomic mass is 19.1. The van der Waals surface area contributed by atoms with E-state index in [1.807, 2.05) is 18.2 Å². The number of nitriles is 1. The molecule has 0 radical (unpaired) electrons. The van der Waals surface area contributed by atoms with Crippen LogP contribution in [0.5, 0.6) is 0 Å². The molecule has 1 aliphatic heterocycles. The third-order valence-electron chi connectivity index (χ3n) is 6.90. The molecule has 0 bridgehead atoms. The zero-order valence-electron chi connectivity index (χ0n) is 19.1. The fraction of sp³-hybridized carbons (Fsp3) is 0.462. The van der Waals surface area contributed by atoms with Gasteiger partial charge in [-0.05, 0) is 67.9 Å². The van der Waals surface area contributed by atoms with Crippen LogP contribution in [0.15, 0.2) is 42.5 Å². The molecule has 2 amide bonds. The van der Waals surface area contributed by atoms with Crippen molar-refractivity contribution in [1.29, 1.82) is 5.26 Å². The number of aliphatic hydroxyl groups excluding tert-OH is 1. The molecule has 1 saturated heterocycles. The van der Waals surface area contributed by atoms with Crippen LogP contribution in [0.25, 0.3) is 0 Å². The third kappa shape index (κ3) is 6.10. The van der Waals surface area contributed by atoms with E-state index >= 15 is 0 Å². The van der Waals surface area contributed by atoms with E-state index in [2.05, 4.69) is 16.3 Å². The van der Waals surface area contributed by atoms with E-state index in [-0.39, 0.29) is 23.9 Å².